The first-order chi connectivity index (χ1) is 14.3. The van der Waals surface area contributed by atoms with E-state index in [1.54, 1.807) is 30.0 Å². The SMILES string of the molecule is CS(=O)(=O)N(CC(=O)Nc1ccc(CSc2ccccc2)cc1)c1cccc(Cl)c1. The summed E-state index contributed by atoms with van der Waals surface area (Å²) in [5, 5.41) is 3.14. The Labute approximate surface area is 186 Å². The summed E-state index contributed by atoms with van der Waals surface area (Å²) in [6.45, 7) is -0.342. The van der Waals surface area contributed by atoms with E-state index < -0.39 is 15.9 Å². The molecule has 8 heteroatoms. The minimum Gasteiger partial charge on any atom is -0.325 e. The van der Waals surface area contributed by atoms with Gasteiger partial charge in [0.2, 0.25) is 15.9 Å². The first-order valence-electron chi connectivity index (χ1n) is 9.11. The quantitative estimate of drug-likeness (QED) is 0.478. The van der Waals surface area contributed by atoms with Gasteiger partial charge in [0.05, 0.1) is 11.9 Å². The number of nitrogens with zero attached hydrogens (tertiary/aromatic N) is 1. The molecule has 1 N–H and O–H groups in total. The van der Waals surface area contributed by atoms with E-state index in [4.69, 9.17) is 11.6 Å². The highest BCUT2D eigenvalue weighted by Gasteiger charge is 2.21. The van der Waals surface area contributed by atoms with Gasteiger partial charge in [0.25, 0.3) is 0 Å². The summed E-state index contributed by atoms with van der Waals surface area (Å²) in [6, 6.07) is 24.0. The number of nitrogens with one attached hydrogen (secondary N) is 1. The molecule has 0 aromatic heterocycles. The minimum atomic E-state index is -3.65. The predicted octanol–water partition coefficient (Wildman–Crippen LogP) is 5.04. The van der Waals surface area contributed by atoms with Gasteiger partial charge in [0.1, 0.15) is 6.54 Å². The van der Waals surface area contributed by atoms with Crippen molar-refractivity contribution in [3.63, 3.8) is 0 Å². The zero-order chi connectivity index (χ0) is 21.6. The van der Waals surface area contributed by atoms with Crippen LogP contribution in [0.2, 0.25) is 5.02 Å². The summed E-state index contributed by atoms with van der Waals surface area (Å²) in [5.74, 6) is 0.376. The molecular formula is C22H21ClN2O3S2. The maximum Gasteiger partial charge on any atom is 0.245 e. The van der Waals surface area contributed by atoms with Crippen LogP contribution in [0.25, 0.3) is 0 Å². The molecule has 3 rings (SSSR count). The maximum absolute atomic E-state index is 12.5. The van der Waals surface area contributed by atoms with Crippen molar-refractivity contribution < 1.29 is 13.2 Å². The Morgan fingerprint density at radius 2 is 1.70 bits per heavy atom. The molecule has 0 atom stereocenters. The van der Waals surface area contributed by atoms with E-state index in [9.17, 15) is 13.2 Å². The van der Waals surface area contributed by atoms with Gasteiger partial charge >= 0.3 is 0 Å². The zero-order valence-corrected chi connectivity index (χ0v) is 18.7. The van der Waals surface area contributed by atoms with Gasteiger partial charge in [-0.2, -0.15) is 0 Å². The Hall–Kier alpha value is -2.48. The first-order valence-corrected chi connectivity index (χ1v) is 12.3. The van der Waals surface area contributed by atoms with Gasteiger partial charge in [-0.15, -0.1) is 11.8 Å². The molecule has 1 amide bonds. The average molecular weight is 461 g/mol. The molecule has 0 fully saturated rings. The predicted molar refractivity (Wildman–Crippen MR) is 125 cm³/mol. The van der Waals surface area contributed by atoms with Crippen LogP contribution in [-0.2, 0) is 20.6 Å². The minimum absolute atomic E-state index is 0.341. The maximum atomic E-state index is 12.5. The van der Waals surface area contributed by atoms with Crippen LogP contribution in [0.4, 0.5) is 11.4 Å². The van der Waals surface area contributed by atoms with E-state index in [0.717, 1.165) is 21.9 Å². The number of halogens is 1. The van der Waals surface area contributed by atoms with Crippen LogP contribution in [0.5, 0.6) is 0 Å². The van der Waals surface area contributed by atoms with Crippen molar-refractivity contribution in [2.24, 2.45) is 0 Å². The normalized spacial score (nSPS) is 11.1. The molecule has 0 saturated heterocycles. The molecule has 0 aliphatic heterocycles. The van der Waals surface area contributed by atoms with Crippen molar-refractivity contribution >= 4 is 50.7 Å². The van der Waals surface area contributed by atoms with E-state index in [1.807, 2.05) is 42.5 Å². The van der Waals surface area contributed by atoms with Crippen LogP contribution in [0, 0.1) is 0 Å². The molecule has 0 unspecified atom stereocenters. The fraction of sp³-hybridized carbons (Fsp3) is 0.136. The lowest BCUT2D eigenvalue weighted by atomic mass is 10.2. The zero-order valence-electron chi connectivity index (χ0n) is 16.3. The second kappa shape index (κ2) is 10.0. The molecule has 0 bridgehead atoms. The number of rotatable bonds is 8. The molecule has 3 aromatic rings. The number of anilines is 2. The van der Waals surface area contributed by atoms with Gasteiger partial charge in [0.15, 0.2) is 0 Å². The lowest BCUT2D eigenvalue weighted by Crippen LogP contribution is -2.37. The Bertz CT molecular complexity index is 1100. The fourth-order valence-corrected chi connectivity index (χ4v) is 4.64. The van der Waals surface area contributed by atoms with E-state index in [0.29, 0.717) is 16.4 Å². The third-order valence-electron chi connectivity index (χ3n) is 4.17. The highest BCUT2D eigenvalue weighted by atomic mass is 35.5. The molecule has 0 spiro atoms. The molecule has 0 aliphatic carbocycles. The molecule has 5 nitrogen and oxygen atoms in total. The van der Waals surface area contributed by atoms with Crippen LogP contribution in [0.3, 0.4) is 0 Å². The summed E-state index contributed by atoms with van der Waals surface area (Å²) >= 11 is 7.69. The van der Waals surface area contributed by atoms with E-state index in [-0.39, 0.29) is 6.54 Å². The number of amides is 1. The molecule has 0 radical (unpaired) electrons. The summed E-state index contributed by atoms with van der Waals surface area (Å²) < 4.78 is 25.4. The molecule has 0 aliphatic rings. The summed E-state index contributed by atoms with van der Waals surface area (Å²) in [7, 11) is -3.65. The molecular weight excluding hydrogens is 440 g/mol. The Balaban J connectivity index is 1.61. The van der Waals surface area contributed by atoms with Crippen LogP contribution in [0.1, 0.15) is 5.56 Å². The molecule has 30 heavy (non-hydrogen) atoms. The number of hydrogen-bond acceptors (Lipinski definition) is 4. The summed E-state index contributed by atoms with van der Waals surface area (Å²) in [6.07, 6.45) is 1.06. The number of benzene rings is 3. The average Bonchev–Trinajstić information content (AvgIpc) is 2.71. The number of carbonyl (C=O) groups excluding carboxylic acids is 1. The molecule has 0 saturated carbocycles. The highest BCUT2D eigenvalue weighted by molar-refractivity contribution is 7.98. The van der Waals surface area contributed by atoms with Gasteiger partial charge in [-0.1, -0.05) is 48.0 Å². The van der Waals surface area contributed by atoms with Gasteiger partial charge in [0, 0.05) is 21.4 Å². The second-order valence-electron chi connectivity index (χ2n) is 6.60. The smallest absolute Gasteiger partial charge is 0.245 e. The monoisotopic (exact) mass is 460 g/mol. The summed E-state index contributed by atoms with van der Waals surface area (Å²) in [4.78, 5) is 13.7. The third-order valence-corrected chi connectivity index (χ3v) is 6.63. The Kier molecular flexibility index (Phi) is 7.42. The number of carbonyl (C=O) groups is 1. The molecule has 156 valence electrons. The van der Waals surface area contributed by atoms with Crippen molar-refractivity contribution in [2.45, 2.75) is 10.6 Å². The molecule has 0 heterocycles. The van der Waals surface area contributed by atoms with Gasteiger partial charge in [-0.05, 0) is 48.0 Å². The largest absolute Gasteiger partial charge is 0.325 e. The van der Waals surface area contributed by atoms with E-state index in [1.165, 1.54) is 11.0 Å². The first kappa shape index (κ1) is 22.2. The lowest BCUT2D eigenvalue weighted by molar-refractivity contribution is -0.114. The van der Waals surface area contributed by atoms with Crippen molar-refractivity contribution in [3.8, 4) is 0 Å². The molecule has 3 aromatic carbocycles. The number of sulfonamides is 1. The Morgan fingerprint density at radius 1 is 1.00 bits per heavy atom. The van der Waals surface area contributed by atoms with Gasteiger partial charge in [-0.3, -0.25) is 9.10 Å². The van der Waals surface area contributed by atoms with Crippen molar-refractivity contribution in [1.29, 1.82) is 0 Å². The lowest BCUT2D eigenvalue weighted by Gasteiger charge is -2.22. The number of thioether (sulfide) groups is 1. The van der Waals surface area contributed by atoms with Crippen molar-refractivity contribution in [1.82, 2.24) is 0 Å². The van der Waals surface area contributed by atoms with Crippen LogP contribution in [-0.4, -0.2) is 27.1 Å². The Morgan fingerprint density at radius 3 is 2.33 bits per heavy atom. The van der Waals surface area contributed by atoms with Gasteiger partial charge in [-0.25, -0.2) is 8.42 Å². The van der Waals surface area contributed by atoms with E-state index in [2.05, 4.69) is 17.4 Å². The standard InChI is InChI=1S/C22H21ClN2O3S2/c1-30(27,28)25(20-7-5-6-18(23)14-20)15-22(26)24-19-12-10-17(11-13-19)16-29-21-8-3-2-4-9-21/h2-14H,15-16H2,1H3,(H,24,26). The van der Waals surface area contributed by atoms with E-state index >= 15 is 0 Å². The van der Waals surface area contributed by atoms with Crippen LogP contribution >= 0.6 is 23.4 Å². The highest BCUT2D eigenvalue weighted by Crippen LogP contribution is 2.24. The van der Waals surface area contributed by atoms with Crippen LogP contribution < -0.4 is 9.62 Å². The van der Waals surface area contributed by atoms with Gasteiger partial charge < -0.3 is 5.32 Å². The third kappa shape index (κ3) is 6.52. The van der Waals surface area contributed by atoms with Crippen molar-refractivity contribution in [3.05, 3.63) is 89.4 Å². The summed E-state index contributed by atoms with van der Waals surface area (Å²) in [5.41, 5.74) is 2.07. The van der Waals surface area contributed by atoms with Crippen LogP contribution in [0.15, 0.2) is 83.8 Å². The number of hydrogen-bond donors (Lipinski definition) is 1. The second-order valence-corrected chi connectivity index (χ2v) is 9.99. The topological polar surface area (TPSA) is 66.5 Å². The van der Waals surface area contributed by atoms with Crippen molar-refractivity contribution in [2.75, 3.05) is 22.4 Å². The fourth-order valence-electron chi connectivity index (χ4n) is 2.73.